The highest BCUT2D eigenvalue weighted by atomic mass is 32.1. The van der Waals surface area contributed by atoms with Crippen LogP contribution in [0.25, 0.3) is 27.5 Å². The van der Waals surface area contributed by atoms with Crippen molar-refractivity contribution < 1.29 is 14.3 Å². The zero-order valence-electron chi connectivity index (χ0n) is 18.0. The molecule has 0 bridgehead atoms. The molecule has 0 atom stereocenters. The van der Waals surface area contributed by atoms with Gasteiger partial charge in [-0.25, -0.2) is 14.5 Å². The van der Waals surface area contributed by atoms with Crippen LogP contribution in [0.3, 0.4) is 0 Å². The van der Waals surface area contributed by atoms with Crippen LogP contribution in [-0.2, 0) is 22.4 Å². The first kappa shape index (κ1) is 21.1. The lowest BCUT2D eigenvalue weighted by Crippen LogP contribution is -2.17. The number of fused-ring (bicyclic) bond motifs is 3. The number of methoxy groups -OCH3 is 1. The SMILES string of the molecule is [B]c1cc(C(=O)OC)ccc1-n1nc(-c2cccnc2)c2c1-c1sc(NC(C)=O)nc1CC2. The van der Waals surface area contributed by atoms with Gasteiger partial charge in [0.2, 0.25) is 5.91 Å². The smallest absolute Gasteiger partial charge is 0.337 e. The number of pyridine rings is 1. The van der Waals surface area contributed by atoms with Crippen LogP contribution in [0, 0.1) is 0 Å². The van der Waals surface area contributed by atoms with E-state index in [0.29, 0.717) is 21.8 Å². The summed E-state index contributed by atoms with van der Waals surface area (Å²) in [5.74, 6) is -0.634. The Bertz CT molecular complexity index is 1400. The maximum absolute atomic E-state index is 11.9. The van der Waals surface area contributed by atoms with Crippen LogP contribution in [0.15, 0.2) is 42.7 Å². The topological polar surface area (TPSA) is 99.0 Å². The summed E-state index contributed by atoms with van der Waals surface area (Å²) in [6, 6.07) is 8.84. The van der Waals surface area contributed by atoms with Crippen molar-refractivity contribution in [1.29, 1.82) is 0 Å². The molecule has 0 spiro atoms. The van der Waals surface area contributed by atoms with Crippen molar-refractivity contribution in [3.63, 3.8) is 0 Å². The minimum atomic E-state index is -0.462. The number of rotatable bonds is 4. The van der Waals surface area contributed by atoms with E-state index in [4.69, 9.17) is 17.7 Å². The summed E-state index contributed by atoms with van der Waals surface area (Å²) in [4.78, 5) is 33.3. The summed E-state index contributed by atoms with van der Waals surface area (Å²) in [6.07, 6.45) is 4.96. The number of anilines is 1. The fraction of sp³-hybridized carbons (Fsp3) is 0.174. The average molecular weight is 455 g/mol. The summed E-state index contributed by atoms with van der Waals surface area (Å²) in [6.45, 7) is 1.46. The van der Waals surface area contributed by atoms with Gasteiger partial charge in [0.05, 0.1) is 40.3 Å². The summed E-state index contributed by atoms with van der Waals surface area (Å²) in [5.41, 5.74) is 5.93. The number of aryl methyl sites for hydroxylation is 1. The highest BCUT2D eigenvalue weighted by Crippen LogP contribution is 2.43. The molecule has 10 heteroatoms. The summed E-state index contributed by atoms with van der Waals surface area (Å²) >= 11 is 1.41. The molecule has 0 aliphatic heterocycles. The van der Waals surface area contributed by atoms with Crippen LogP contribution in [0.4, 0.5) is 5.13 Å². The third-order valence-corrected chi connectivity index (χ3v) is 6.42. The van der Waals surface area contributed by atoms with Crippen LogP contribution < -0.4 is 10.8 Å². The molecule has 0 unspecified atom stereocenters. The predicted molar refractivity (Wildman–Crippen MR) is 126 cm³/mol. The number of carbonyl (C=O) groups excluding carboxylic acids is 2. The zero-order chi connectivity index (χ0) is 23.1. The van der Waals surface area contributed by atoms with Gasteiger partial charge in [-0.2, -0.15) is 5.10 Å². The number of thiazole rings is 1. The normalized spacial score (nSPS) is 12.1. The first-order valence-electron chi connectivity index (χ1n) is 10.2. The highest BCUT2D eigenvalue weighted by Gasteiger charge is 2.30. The maximum atomic E-state index is 11.9. The first-order chi connectivity index (χ1) is 16.0. The van der Waals surface area contributed by atoms with Gasteiger partial charge in [-0.1, -0.05) is 22.9 Å². The van der Waals surface area contributed by atoms with Gasteiger partial charge < -0.3 is 10.1 Å². The van der Waals surface area contributed by atoms with Crippen molar-refractivity contribution in [3.05, 3.63) is 59.5 Å². The lowest BCUT2D eigenvalue weighted by molar-refractivity contribution is -0.114. The minimum absolute atomic E-state index is 0.173. The Morgan fingerprint density at radius 3 is 2.79 bits per heavy atom. The molecule has 2 radical (unpaired) electrons. The van der Waals surface area contributed by atoms with Crippen LogP contribution >= 0.6 is 11.3 Å². The van der Waals surface area contributed by atoms with Gasteiger partial charge in [0.15, 0.2) is 5.13 Å². The predicted octanol–water partition coefficient (Wildman–Crippen LogP) is 2.70. The molecule has 0 saturated heterocycles. The Morgan fingerprint density at radius 2 is 2.09 bits per heavy atom. The standard InChI is InChI=1S/C23H18BN5O3S/c1-12(30)26-23-27-17-7-6-15-19(14-4-3-9-25-11-14)28-29(20(15)21(17)33-23)18-8-5-13(10-16(18)24)22(31)32-2/h3-5,8-11H,6-7H2,1-2H3,(H,26,27,30). The van der Waals surface area contributed by atoms with Crippen LogP contribution in [0.2, 0.25) is 0 Å². The van der Waals surface area contributed by atoms with Crippen LogP contribution in [0.5, 0.6) is 0 Å². The van der Waals surface area contributed by atoms with Crippen molar-refractivity contribution in [1.82, 2.24) is 19.7 Å². The lowest BCUT2D eigenvalue weighted by atomic mass is 9.91. The van der Waals surface area contributed by atoms with Gasteiger partial charge in [-0.05, 0) is 37.1 Å². The Labute approximate surface area is 195 Å². The lowest BCUT2D eigenvalue weighted by Gasteiger charge is -2.16. The van der Waals surface area contributed by atoms with E-state index in [0.717, 1.165) is 45.9 Å². The second-order valence-corrected chi connectivity index (χ2v) is 8.57. The number of ether oxygens (including phenoxy) is 1. The molecule has 3 heterocycles. The van der Waals surface area contributed by atoms with E-state index < -0.39 is 5.97 Å². The number of esters is 1. The number of amides is 1. The van der Waals surface area contributed by atoms with E-state index in [9.17, 15) is 9.59 Å². The Balaban J connectivity index is 1.73. The molecule has 162 valence electrons. The van der Waals surface area contributed by atoms with Crippen molar-refractivity contribution in [2.24, 2.45) is 0 Å². The van der Waals surface area contributed by atoms with Gasteiger partial charge in [0.1, 0.15) is 7.85 Å². The van der Waals surface area contributed by atoms with Crippen molar-refractivity contribution in [2.75, 3.05) is 12.4 Å². The van der Waals surface area contributed by atoms with Crippen LogP contribution in [-0.4, -0.2) is 46.6 Å². The molecule has 33 heavy (non-hydrogen) atoms. The van der Waals surface area contributed by atoms with Crippen molar-refractivity contribution >= 4 is 41.7 Å². The molecule has 4 aromatic rings. The number of hydrogen-bond donors (Lipinski definition) is 1. The van der Waals surface area contributed by atoms with Crippen molar-refractivity contribution in [3.8, 4) is 27.5 Å². The molecule has 1 N–H and O–H groups in total. The van der Waals surface area contributed by atoms with E-state index in [2.05, 4.69) is 15.3 Å². The average Bonchev–Trinajstić information content (AvgIpc) is 3.39. The molecule has 5 rings (SSSR count). The minimum Gasteiger partial charge on any atom is -0.465 e. The Hall–Kier alpha value is -3.79. The third kappa shape index (κ3) is 3.72. The molecule has 1 aliphatic rings. The second-order valence-electron chi connectivity index (χ2n) is 7.57. The molecule has 0 fully saturated rings. The number of benzene rings is 1. The van der Waals surface area contributed by atoms with E-state index in [-0.39, 0.29) is 5.91 Å². The van der Waals surface area contributed by atoms with Gasteiger partial charge in [0, 0.05) is 30.4 Å². The fourth-order valence-electron chi connectivity index (χ4n) is 3.98. The molecule has 1 aromatic carbocycles. The number of nitrogens with zero attached hydrogens (tertiary/aromatic N) is 4. The molecular formula is C23H18BN5O3S. The van der Waals surface area contributed by atoms with E-state index in [1.165, 1.54) is 25.4 Å². The van der Waals surface area contributed by atoms with E-state index >= 15 is 0 Å². The summed E-state index contributed by atoms with van der Waals surface area (Å²) in [5, 5.41) is 8.26. The molecule has 8 nitrogen and oxygen atoms in total. The fourth-order valence-corrected chi connectivity index (χ4v) is 5.09. The maximum Gasteiger partial charge on any atom is 0.337 e. The third-order valence-electron chi connectivity index (χ3n) is 5.40. The quantitative estimate of drug-likeness (QED) is 0.375. The second kappa shape index (κ2) is 8.29. The van der Waals surface area contributed by atoms with Gasteiger partial charge in [-0.15, -0.1) is 0 Å². The molecule has 3 aromatic heterocycles. The highest BCUT2D eigenvalue weighted by molar-refractivity contribution is 7.19. The zero-order valence-corrected chi connectivity index (χ0v) is 18.8. The largest absolute Gasteiger partial charge is 0.465 e. The number of hydrogen-bond acceptors (Lipinski definition) is 7. The van der Waals surface area contributed by atoms with Crippen LogP contribution in [0.1, 0.15) is 28.5 Å². The Kier molecular flexibility index (Phi) is 5.29. The number of nitrogens with one attached hydrogen (secondary N) is 1. The number of carbonyl (C=O) groups is 2. The molecule has 1 amide bonds. The van der Waals surface area contributed by atoms with Gasteiger partial charge >= 0.3 is 5.97 Å². The molecule has 0 saturated carbocycles. The monoisotopic (exact) mass is 455 g/mol. The molecular weight excluding hydrogens is 437 g/mol. The Morgan fingerprint density at radius 1 is 1.24 bits per heavy atom. The molecule has 1 aliphatic carbocycles. The van der Waals surface area contributed by atoms with E-state index in [1.807, 2.05) is 12.1 Å². The van der Waals surface area contributed by atoms with Crippen molar-refractivity contribution in [2.45, 2.75) is 19.8 Å². The first-order valence-corrected chi connectivity index (χ1v) is 11.1. The van der Waals surface area contributed by atoms with E-state index in [1.54, 1.807) is 35.3 Å². The van der Waals surface area contributed by atoms with Gasteiger partial charge in [0.25, 0.3) is 0 Å². The number of aromatic nitrogens is 4. The summed E-state index contributed by atoms with van der Waals surface area (Å²) in [7, 11) is 7.70. The van der Waals surface area contributed by atoms with Gasteiger partial charge in [-0.3, -0.25) is 9.78 Å². The summed E-state index contributed by atoms with van der Waals surface area (Å²) < 4.78 is 6.60.